The zero-order valence-corrected chi connectivity index (χ0v) is 16.7. The molecule has 0 heterocycles. The molecule has 0 unspecified atom stereocenters. The number of rotatable bonds is 1. The standard InChI is InChI=1S/C24H14FNS2/c1-17-14-19(3-2-18-6-11-22(28)12-7-18)4-9-21(17)10-5-20-8-13-24(26-16-27)23(25)15-20/h4,6-9,11-15,28H,1H3. The van der Waals surface area contributed by atoms with Gasteiger partial charge in [0.1, 0.15) is 5.69 Å². The van der Waals surface area contributed by atoms with Crippen molar-refractivity contribution in [3.63, 3.8) is 0 Å². The third-order valence-corrected chi connectivity index (χ3v) is 4.29. The third kappa shape index (κ3) is 5.19. The zero-order chi connectivity index (χ0) is 19.9. The molecule has 0 atom stereocenters. The summed E-state index contributed by atoms with van der Waals surface area (Å²) >= 11 is 8.76. The molecule has 0 amide bonds. The van der Waals surface area contributed by atoms with Crippen molar-refractivity contribution in [2.75, 3.05) is 0 Å². The average Bonchev–Trinajstić information content (AvgIpc) is 2.69. The minimum Gasteiger partial charge on any atom is -0.205 e. The Morgan fingerprint density at radius 3 is 2.11 bits per heavy atom. The normalized spacial score (nSPS) is 9.39. The molecule has 3 rings (SSSR count). The van der Waals surface area contributed by atoms with Crippen LogP contribution in [0.5, 0.6) is 0 Å². The van der Waals surface area contributed by atoms with Gasteiger partial charge in [0.2, 0.25) is 0 Å². The Balaban J connectivity index is 1.81. The molecule has 0 aliphatic carbocycles. The number of benzene rings is 3. The molecule has 0 bridgehead atoms. The Morgan fingerprint density at radius 2 is 1.43 bits per heavy atom. The molecule has 0 aliphatic rings. The Hall–Kier alpha value is -3.14. The van der Waals surface area contributed by atoms with Crippen LogP contribution in [0.3, 0.4) is 0 Å². The summed E-state index contributed by atoms with van der Waals surface area (Å²) in [4.78, 5) is 4.57. The largest absolute Gasteiger partial charge is 0.205 e. The van der Waals surface area contributed by atoms with Gasteiger partial charge in [0, 0.05) is 27.1 Å². The van der Waals surface area contributed by atoms with Crippen molar-refractivity contribution in [2.24, 2.45) is 4.99 Å². The van der Waals surface area contributed by atoms with Gasteiger partial charge in [-0.2, -0.15) is 4.99 Å². The number of thiol groups is 1. The molecule has 0 aromatic heterocycles. The quantitative estimate of drug-likeness (QED) is 0.231. The molecular formula is C24H14FNS2. The summed E-state index contributed by atoms with van der Waals surface area (Å²) in [6, 6.07) is 18.1. The number of hydrogen-bond acceptors (Lipinski definition) is 3. The predicted octanol–water partition coefficient (Wildman–Crippen LogP) is 5.96. The lowest BCUT2D eigenvalue weighted by atomic mass is 10.0. The lowest BCUT2D eigenvalue weighted by Crippen LogP contribution is -1.85. The lowest BCUT2D eigenvalue weighted by molar-refractivity contribution is 0.629. The molecule has 0 N–H and O–H groups in total. The fourth-order valence-corrected chi connectivity index (χ4v) is 2.68. The van der Waals surface area contributed by atoms with Crippen LogP contribution in [0.1, 0.15) is 27.8 Å². The number of halogens is 1. The molecule has 3 aromatic carbocycles. The van der Waals surface area contributed by atoms with Crippen molar-refractivity contribution < 1.29 is 4.39 Å². The fourth-order valence-electron chi connectivity index (χ4n) is 2.43. The van der Waals surface area contributed by atoms with Gasteiger partial charge < -0.3 is 0 Å². The average molecular weight is 400 g/mol. The van der Waals surface area contributed by atoms with E-state index in [1.165, 1.54) is 12.1 Å². The first-order valence-corrected chi connectivity index (χ1v) is 9.22. The minimum atomic E-state index is -0.475. The minimum absolute atomic E-state index is 0.156. The summed E-state index contributed by atoms with van der Waals surface area (Å²) in [6.45, 7) is 1.97. The highest BCUT2D eigenvalue weighted by Gasteiger charge is 2.01. The van der Waals surface area contributed by atoms with E-state index in [0.29, 0.717) is 5.56 Å². The maximum absolute atomic E-state index is 13.9. The number of isothiocyanates is 1. The smallest absolute Gasteiger partial charge is 0.150 e. The van der Waals surface area contributed by atoms with Gasteiger partial charge in [-0.3, -0.25) is 0 Å². The predicted molar refractivity (Wildman–Crippen MR) is 118 cm³/mol. The molecule has 28 heavy (non-hydrogen) atoms. The van der Waals surface area contributed by atoms with Crippen molar-refractivity contribution in [3.8, 4) is 23.7 Å². The third-order valence-electron chi connectivity index (χ3n) is 3.90. The SMILES string of the molecule is Cc1cc(C#Cc2ccc(S)cc2)ccc1C#Cc1ccc(N=C=S)c(F)c1. The highest BCUT2D eigenvalue weighted by Crippen LogP contribution is 2.18. The van der Waals surface area contributed by atoms with Crippen LogP contribution in [0.2, 0.25) is 0 Å². The van der Waals surface area contributed by atoms with E-state index in [1.54, 1.807) is 6.07 Å². The van der Waals surface area contributed by atoms with E-state index < -0.39 is 5.82 Å². The van der Waals surface area contributed by atoms with E-state index in [2.05, 4.69) is 58.7 Å². The van der Waals surface area contributed by atoms with Crippen LogP contribution in [0.4, 0.5) is 10.1 Å². The Morgan fingerprint density at radius 1 is 0.821 bits per heavy atom. The first-order chi connectivity index (χ1) is 13.5. The summed E-state index contributed by atoms with van der Waals surface area (Å²) in [5, 5.41) is 2.16. The van der Waals surface area contributed by atoms with Crippen LogP contribution in [0.15, 0.2) is 70.6 Å². The Bertz CT molecular complexity index is 1200. The van der Waals surface area contributed by atoms with Crippen molar-refractivity contribution in [1.29, 1.82) is 0 Å². The maximum atomic E-state index is 13.9. The van der Waals surface area contributed by atoms with E-state index in [1.807, 2.05) is 49.4 Å². The molecule has 0 saturated heterocycles. The van der Waals surface area contributed by atoms with Gasteiger partial charge in [0.15, 0.2) is 5.82 Å². The number of nitrogens with zero attached hydrogens (tertiary/aromatic N) is 1. The Labute approximate surface area is 174 Å². The topological polar surface area (TPSA) is 12.4 Å². The van der Waals surface area contributed by atoms with Crippen molar-refractivity contribution in [1.82, 2.24) is 0 Å². The van der Waals surface area contributed by atoms with E-state index in [9.17, 15) is 4.39 Å². The molecule has 134 valence electrons. The molecule has 3 aromatic rings. The van der Waals surface area contributed by atoms with Gasteiger partial charge in [0.05, 0.1) is 5.16 Å². The molecule has 0 spiro atoms. The van der Waals surface area contributed by atoms with E-state index >= 15 is 0 Å². The molecule has 0 fully saturated rings. The lowest BCUT2D eigenvalue weighted by Gasteiger charge is -1.99. The van der Waals surface area contributed by atoms with Gasteiger partial charge in [-0.05, 0) is 85.4 Å². The number of hydrogen-bond donors (Lipinski definition) is 1. The fraction of sp³-hybridized carbons (Fsp3) is 0.0417. The first-order valence-electron chi connectivity index (χ1n) is 8.36. The summed E-state index contributed by atoms with van der Waals surface area (Å²) < 4.78 is 13.9. The zero-order valence-electron chi connectivity index (χ0n) is 15.0. The van der Waals surface area contributed by atoms with Crippen LogP contribution in [-0.2, 0) is 0 Å². The monoisotopic (exact) mass is 399 g/mol. The van der Waals surface area contributed by atoms with E-state index in [-0.39, 0.29) is 5.69 Å². The number of aliphatic imine (C=N–C) groups is 1. The first kappa shape index (κ1) is 19.6. The van der Waals surface area contributed by atoms with Crippen LogP contribution in [-0.4, -0.2) is 5.16 Å². The van der Waals surface area contributed by atoms with Crippen LogP contribution in [0, 0.1) is 36.4 Å². The second-order valence-electron chi connectivity index (χ2n) is 5.95. The van der Waals surface area contributed by atoms with E-state index in [4.69, 9.17) is 0 Å². The summed E-state index contributed by atoms with van der Waals surface area (Å²) in [7, 11) is 0. The van der Waals surface area contributed by atoms with Crippen molar-refractivity contribution >= 4 is 35.7 Å². The summed E-state index contributed by atoms with van der Waals surface area (Å²) in [5.74, 6) is 11.9. The number of aryl methyl sites for hydroxylation is 1. The van der Waals surface area contributed by atoms with Gasteiger partial charge in [-0.25, -0.2) is 4.39 Å². The maximum Gasteiger partial charge on any atom is 0.150 e. The highest BCUT2D eigenvalue weighted by atomic mass is 32.1. The van der Waals surface area contributed by atoms with Gasteiger partial charge >= 0.3 is 0 Å². The number of thiocarbonyl (C=S) groups is 1. The van der Waals surface area contributed by atoms with Crippen LogP contribution >= 0.6 is 24.8 Å². The summed E-state index contributed by atoms with van der Waals surface area (Å²) in [5.41, 5.74) is 4.44. The Kier molecular flexibility index (Phi) is 6.43. The molecule has 0 aliphatic heterocycles. The van der Waals surface area contributed by atoms with Crippen LogP contribution in [0.25, 0.3) is 0 Å². The molecule has 4 heteroatoms. The van der Waals surface area contributed by atoms with Gasteiger partial charge in [-0.15, -0.1) is 12.6 Å². The second-order valence-corrected chi connectivity index (χ2v) is 6.64. The molecular weight excluding hydrogens is 385 g/mol. The van der Waals surface area contributed by atoms with E-state index in [0.717, 1.165) is 27.1 Å². The molecule has 1 nitrogen and oxygen atoms in total. The second kappa shape index (κ2) is 9.18. The van der Waals surface area contributed by atoms with Gasteiger partial charge in [0.25, 0.3) is 0 Å². The summed E-state index contributed by atoms with van der Waals surface area (Å²) in [6.07, 6.45) is 0. The molecule has 0 radical (unpaired) electrons. The van der Waals surface area contributed by atoms with Gasteiger partial charge in [-0.1, -0.05) is 23.7 Å². The van der Waals surface area contributed by atoms with Crippen molar-refractivity contribution in [2.45, 2.75) is 11.8 Å². The van der Waals surface area contributed by atoms with Crippen LogP contribution < -0.4 is 0 Å². The van der Waals surface area contributed by atoms with Crippen molar-refractivity contribution in [3.05, 3.63) is 94.3 Å². The molecule has 0 saturated carbocycles. The highest BCUT2D eigenvalue weighted by molar-refractivity contribution is 7.80.